The van der Waals surface area contributed by atoms with Crippen molar-refractivity contribution in [2.75, 3.05) is 0 Å². The summed E-state index contributed by atoms with van der Waals surface area (Å²) >= 11 is 3.26. The summed E-state index contributed by atoms with van der Waals surface area (Å²) in [6, 6.07) is 4.94. The van der Waals surface area contributed by atoms with Gasteiger partial charge in [0.2, 0.25) is 0 Å². The number of aromatic nitrogens is 2. The van der Waals surface area contributed by atoms with Gasteiger partial charge in [0, 0.05) is 10.5 Å². The maximum absolute atomic E-state index is 11.0. The standard InChI is InChI=1S/C13H13BrN2O3/c1-8(2)16-7-12(6-15-16)19-11-4-9(13(17)18)3-10(14)5-11/h3-8H,1-2H3,(H,17,18). The molecule has 0 unspecified atom stereocenters. The summed E-state index contributed by atoms with van der Waals surface area (Å²) in [6.45, 7) is 4.02. The number of benzene rings is 1. The SMILES string of the molecule is CC(C)n1cc(Oc2cc(Br)cc(C(=O)O)c2)cn1. The van der Waals surface area contributed by atoms with Crippen LogP contribution >= 0.6 is 15.9 Å². The van der Waals surface area contributed by atoms with E-state index in [1.54, 1.807) is 23.1 Å². The monoisotopic (exact) mass is 324 g/mol. The minimum Gasteiger partial charge on any atom is -0.478 e. The lowest BCUT2D eigenvalue weighted by Gasteiger charge is -2.06. The first kappa shape index (κ1) is 13.6. The van der Waals surface area contributed by atoms with Crippen molar-refractivity contribution in [1.29, 1.82) is 0 Å². The van der Waals surface area contributed by atoms with E-state index in [1.807, 2.05) is 13.8 Å². The highest BCUT2D eigenvalue weighted by Gasteiger charge is 2.09. The van der Waals surface area contributed by atoms with Gasteiger partial charge in [-0.2, -0.15) is 5.10 Å². The summed E-state index contributed by atoms with van der Waals surface area (Å²) in [4.78, 5) is 11.0. The van der Waals surface area contributed by atoms with Crippen LogP contribution in [0.15, 0.2) is 35.1 Å². The zero-order valence-electron chi connectivity index (χ0n) is 10.5. The smallest absolute Gasteiger partial charge is 0.335 e. The molecule has 0 bridgehead atoms. The van der Waals surface area contributed by atoms with E-state index < -0.39 is 5.97 Å². The third-order valence-corrected chi connectivity index (χ3v) is 2.92. The van der Waals surface area contributed by atoms with Gasteiger partial charge in [-0.15, -0.1) is 0 Å². The number of carboxylic acid groups (broad SMARTS) is 1. The van der Waals surface area contributed by atoms with E-state index in [4.69, 9.17) is 9.84 Å². The van der Waals surface area contributed by atoms with E-state index in [1.165, 1.54) is 12.1 Å². The Morgan fingerprint density at radius 1 is 1.37 bits per heavy atom. The van der Waals surface area contributed by atoms with Gasteiger partial charge in [0.25, 0.3) is 0 Å². The largest absolute Gasteiger partial charge is 0.478 e. The Morgan fingerprint density at radius 3 is 2.68 bits per heavy atom. The summed E-state index contributed by atoms with van der Waals surface area (Å²) < 4.78 is 8.02. The molecule has 2 rings (SSSR count). The first-order valence-electron chi connectivity index (χ1n) is 5.71. The lowest BCUT2D eigenvalue weighted by molar-refractivity contribution is 0.0696. The molecule has 1 heterocycles. The minimum atomic E-state index is -0.996. The number of nitrogens with zero attached hydrogens (tertiary/aromatic N) is 2. The first-order chi connectivity index (χ1) is 8.95. The normalized spacial score (nSPS) is 10.7. The summed E-state index contributed by atoms with van der Waals surface area (Å²) in [7, 11) is 0. The quantitative estimate of drug-likeness (QED) is 0.930. The molecule has 1 N–H and O–H groups in total. The highest BCUT2D eigenvalue weighted by atomic mass is 79.9. The molecule has 0 aliphatic carbocycles. The maximum atomic E-state index is 11.0. The summed E-state index contributed by atoms with van der Waals surface area (Å²) in [6.07, 6.45) is 3.37. The molecule has 0 fully saturated rings. The number of hydrogen-bond donors (Lipinski definition) is 1. The van der Waals surface area contributed by atoms with Crippen LogP contribution in [0.2, 0.25) is 0 Å². The zero-order chi connectivity index (χ0) is 14.0. The van der Waals surface area contributed by atoms with E-state index in [-0.39, 0.29) is 11.6 Å². The molecule has 1 aromatic heterocycles. The number of carboxylic acids is 1. The molecule has 2 aromatic rings. The summed E-state index contributed by atoms with van der Waals surface area (Å²) in [5, 5.41) is 13.1. The Kier molecular flexibility index (Phi) is 3.90. The van der Waals surface area contributed by atoms with Crippen molar-refractivity contribution in [3.05, 3.63) is 40.6 Å². The van der Waals surface area contributed by atoms with Crippen LogP contribution in [-0.2, 0) is 0 Å². The van der Waals surface area contributed by atoms with Crippen LogP contribution in [0.4, 0.5) is 0 Å². The molecular formula is C13H13BrN2O3. The third kappa shape index (κ3) is 3.35. The van der Waals surface area contributed by atoms with Gasteiger partial charge in [-0.1, -0.05) is 15.9 Å². The third-order valence-electron chi connectivity index (χ3n) is 2.46. The molecule has 100 valence electrons. The van der Waals surface area contributed by atoms with Gasteiger partial charge in [0.05, 0.1) is 18.0 Å². The second-order valence-electron chi connectivity index (χ2n) is 4.33. The van der Waals surface area contributed by atoms with E-state index >= 15 is 0 Å². The number of ether oxygens (including phenoxy) is 1. The van der Waals surface area contributed by atoms with Crippen LogP contribution in [0.1, 0.15) is 30.2 Å². The first-order valence-corrected chi connectivity index (χ1v) is 6.51. The predicted molar refractivity (Wildman–Crippen MR) is 73.8 cm³/mol. The second kappa shape index (κ2) is 5.44. The fourth-order valence-electron chi connectivity index (χ4n) is 1.54. The van der Waals surface area contributed by atoms with Crippen LogP contribution in [0.5, 0.6) is 11.5 Å². The van der Waals surface area contributed by atoms with Gasteiger partial charge in [-0.25, -0.2) is 4.79 Å². The molecule has 0 aliphatic rings. The summed E-state index contributed by atoms with van der Waals surface area (Å²) in [5.74, 6) is 0.0299. The maximum Gasteiger partial charge on any atom is 0.335 e. The Balaban J connectivity index is 2.24. The van der Waals surface area contributed by atoms with Crippen molar-refractivity contribution < 1.29 is 14.6 Å². The molecule has 0 saturated heterocycles. The van der Waals surface area contributed by atoms with E-state index in [0.717, 1.165) is 0 Å². The van der Waals surface area contributed by atoms with Crippen LogP contribution < -0.4 is 4.74 Å². The zero-order valence-corrected chi connectivity index (χ0v) is 12.1. The molecule has 0 amide bonds. The Hall–Kier alpha value is -1.82. The van der Waals surface area contributed by atoms with E-state index in [9.17, 15) is 4.79 Å². The van der Waals surface area contributed by atoms with Crippen LogP contribution in [-0.4, -0.2) is 20.9 Å². The van der Waals surface area contributed by atoms with Crippen molar-refractivity contribution in [3.8, 4) is 11.5 Å². The van der Waals surface area contributed by atoms with Crippen molar-refractivity contribution in [1.82, 2.24) is 9.78 Å². The van der Waals surface area contributed by atoms with Crippen LogP contribution in [0.25, 0.3) is 0 Å². The molecule has 5 nitrogen and oxygen atoms in total. The lowest BCUT2D eigenvalue weighted by atomic mass is 10.2. The lowest BCUT2D eigenvalue weighted by Crippen LogP contribution is -1.99. The number of aromatic carboxylic acids is 1. The van der Waals surface area contributed by atoms with Crippen molar-refractivity contribution in [2.45, 2.75) is 19.9 Å². The Labute approximate surface area is 118 Å². The molecule has 0 saturated carbocycles. The predicted octanol–water partition coefficient (Wildman–Crippen LogP) is 3.72. The van der Waals surface area contributed by atoms with Gasteiger partial charge in [0.15, 0.2) is 5.75 Å². The highest BCUT2D eigenvalue weighted by molar-refractivity contribution is 9.10. The van der Waals surface area contributed by atoms with Crippen molar-refractivity contribution in [2.24, 2.45) is 0 Å². The Bertz CT molecular complexity index is 608. The van der Waals surface area contributed by atoms with Gasteiger partial charge in [0.1, 0.15) is 5.75 Å². The fraction of sp³-hybridized carbons (Fsp3) is 0.231. The van der Waals surface area contributed by atoms with Crippen molar-refractivity contribution >= 4 is 21.9 Å². The van der Waals surface area contributed by atoms with Gasteiger partial charge >= 0.3 is 5.97 Å². The average Bonchev–Trinajstić information content (AvgIpc) is 2.76. The second-order valence-corrected chi connectivity index (χ2v) is 5.25. The number of carbonyl (C=O) groups is 1. The molecule has 1 aromatic carbocycles. The molecular weight excluding hydrogens is 312 g/mol. The fourth-order valence-corrected chi connectivity index (χ4v) is 2.01. The number of rotatable bonds is 4. The van der Waals surface area contributed by atoms with E-state index in [2.05, 4.69) is 21.0 Å². The molecule has 0 spiro atoms. The molecule has 6 heteroatoms. The Morgan fingerprint density at radius 2 is 2.11 bits per heavy atom. The highest BCUT2D eigenvalue weighted by Crippen LogP contribution is 2.26. The van der Waals surface area contributed by atoms with Crippen LogP contribution in [0, 0.1) is 0 Å². The minimum absolute atomic E-state index is 0.167. The molecule has 19 heavy (non-hydrogen) atoms. The average molecular weight is 325 g/mol. The topological polar surface area (TPSA) is 64.3 Å². The van der Waals surface area contributed by atoms with Gasteiger partial charge in [-0.05, 0) is 32.0 Å². The van der Waals surface area contributed by atoms with Crippen molar-refractivity contribution in [3.63, 3.8) is 0 Å². The van der Waals surface area contributed by atoms with Gasteiger partial charge in [-0.3, -0.25) is 4.68 Å². The van der Waals surface area contributed by atoms with Crippen LogP contribution in [0.3, 0.4) is 0 Å². The molecule has 0 atom stereocenters. The molecule has 0 aliphatic heterocycles. The summed E-state index contributed by atoms with van der Waals surface area (Å²) in [5.41, 5.74) is 0.167. The number of hydrogen-bond acceptors (Lipinski definition) is 3. The molecule has 0 radical (unpaired) electrons. The van der Waals surface area contributed by atoms with Gasteiger partial charge < -0.3 is 9.84 Å². The number of halogens is 1. The van der Waals surface area contributed by atoms with E-state index in [0.29, 0.717) is 16.0 Å².